The lowest BCUT2D eigenvalue weighted by molar-refractivity contribution is 0.102. The van der Waals surface area contributed by atoms with E-state index in [-0.39, 0.29) is 11.3 Å². The van der Waals surface area contributed by atoms with Crippen LogP contribution in [0.4, 0.5) is 5.69 Å². The van der Waals surface area contributed by atoms with E-state index >= 15 is 0 Å². The normalized spacial score (nSPS) is 18.0. The van der Waals surface area contributed by atoms with E-state index in [1.165, 1.54) is 30.4 Å². The molecule has 1 unspecified atom stereocenters. The van der Waals surface area contributed by atoms with E-state index in [0.29, 0.717) is 11.6 Å². The van der Waals surface area contributed by atoms with Gasteiger partial charge in [-0.3, -0.25) is 4.79 Å². The zero-order valence-electron chi connectivity index (χ0n) is 15.4. The van der Waals surface area contributed by atoms with Gasteiger partial charge in [0.05, 0.1) is 0 Å². The quantitative estimate of drug-likeness (QED) is 0.823. The minimum Gasteiger partial charge on any atom is -0.322 e. The second-order valence-electron chi connectivity index (χ2n) is 7.91. The fraction of sp³-hybridized carbons (Fsp3) is 0.409. The van der Waals surface area contributed by atoms with Crippen molar-refractivity contribution in [2.45, 2.75) is 51.5 Å². The lowest BCUT2D eigenvalue weighted by atomic mass is 9.87. The standard InChI is InChI=1S/C22H28N2O/c1-22(2,3)18-11-13-19(14-12-18)24-21(25)17-9-7-16(8-10-17)20-6-4-5-15-23-20/h7-14,20,23H,4-6,15H2,1-3H3,(H,24,25). The Bertz CT molecular complexity index is 705. The largest absolute Gasteiger partial charge is 0.322 e. The van der Waals surface area contributed by atoms with Gasteiger partial charge in [-0.05, 0) is 60.2 Å². The summed E-state index contributed by atoms with van der Waals surface area (Å²) in [6.45, 7) is 7.63. The molecule has 0 saturated carbocycles. The lowest BCUT2D eigenvalue weighted by Crippen LogP contribution is -2.26. The monoisotopic (exact) mass is 336 g/mol. The van der Waals surface area contributed by atoms with Crippen molar-refractivity contribution in [2.75, 3.05) is 11.9 Å². The molecule has 3 nitrogen and oxygen atoms in total. The Hall–Kier alpha value is -2.13. The third kappa shape index (κ3) is 4.49. The molecule has 0 bridgehead atoms. The summed E-state index contributed by atoms with van der Waals surface area (Å²) in [4.78, 5) is 12.5. The SMILES string of the molecule is CC(C)(C)c1ccc(NC(=O)c2ccc(C3CCCCN3)cc2)cc1. The molecule has 1 heterocycles. The molecule has 0 spiro atoms. The van der Waals surface area contributed by atoms with E-state index in [1.54, 1.807) is 0 Å². The van der Waals surface area contributed by atoms with E-state index in [4.69, 9.17) is 0 Å². The molecule has 3 heteroatoms. The van der Waals surface area contributed by atoms with Crippen LogP contribution in [0, 0.1) is 0 Å². The topological polar surface area (TPSA) is 41.1 Å². The number of carbonyl (C=O) groups is 1. The fourth-order valence-corrected chi connectivity index (χ4v) is 3.26. The van der Waals surface area contributed by atoms with Gasteiger partial charge >= 0.3 is 0 Å². The Morgan fingerprint density at radius 1 is 1.00 bits per heavy atom. The van der Waals surface area contributed by atoms with Gasteiger partial charge in [-0.1, -0.05) is 51.5 Å². The molecule has 0 aromatic heterocycles. The van der Waals surface area contributed by atoms with Crippen molar-refractivity contribution in [3.63, 3.8) is 0 Å². The van der Waals surface area contributed by atoms with Crippen LogP contribution in [0.1, 0.15) is 67.6 Å². The van der Waals surface area contributed by atoms with E-state index < -0.39 is 0 Å². The van der Waals surface area contributed by atoms with Crippen molar-refractivity contribution in [3.05, 3.63) is 65.2 Å². The number of benzene rings is 2. The van der Waals surface area contributed by atoms with Crippen molar-refractivity contribution >= 4 is 11.6 Å². The Kier molecular flexibility index (Phi) is 5.24. The van der Waals surface area contributed by atoms with Crippen molar-refractivity contribution < 1.29 is 4.79 Å². The molecule has 1 atom stereocenters. The average molecular weight is 336 g/mol. The van der Waals surface area contributed by atoms with Gasteiger partial charge in [0.25, 0.3) is 5.91 Å². The predicted octanol–water partition coefficient (Wildman–Crippen LogP) is 5.05. The minimum absolute atomic E-state index is 0.0633. The Morgan fingerprint density at radius 2 is 1.68 bits per heavy atom. The number of anilines is 1. The van der Waals surface area contributed by atoms with Gasteiger partial charge in [0.15, 0.2) is 0 Å². The summed E-state index contributed by atoms with van der Waals surface area (Å²) in [5.41, 5.74) is 4.17. The summed E-state index contributed by atoms with van der Waals surface area (Å²) in [6.07, 6.45) is 3.70. The number of carbonyl (C=O) groups excluding carboxylic acids is 1. The number of rotatable bonds is 3. The first kappa shape index (κ1) is 17.7. The Morgan fingerprint density at radius 3 is 2.24 bits per heavy atom. The van der Waals surface area contributed by atoms with E-state index in [9.17, 15) is 4.79 Å². The molecule has 2 N–H and O–H groups in total. The average Bonchev–Trinajstić information content (AvgIpc) is 2.62. The van der Waals surface area contributed by atoms with E-state index in [1.807, 2.05) is 24.3 Å². The zero-order chi connectivity index (χ0) is 17.9. The van der Waals surface area contributed by atoms with Crippen LogP contribution in [0.25, 0.3) is 0 Å². The summed E-state index contributed by atoms with van der Waals surface area (Å²) in [5, 5.41) is 6.52. The first-order valence-electron chi connectivity index (χ1n) is 9.19. The molecule has 0 radical (unpaired) electrons. The molecule has 1 aliphatic rings. The number of nitrogens with one attached hydrogen (secondary N) is 2. The summed E-state index contributed by atoms with van der Waals surface area (Å²) >= 11 is 0. The minimum atomic E-state index is -0.0633. The van der Waals surface area contributed by atoms with E-state index in [2.05, 4.69) is 55.7 Å². The van der Waals surface area contributed by atoms with Crippen molar-refractivity contribution in [1.29, 1.82) is 0 Å². The fourth-order valence-electron chi connectivity index (χ4n) is 3.26. The van der Waals surface area contributed by atoms with Crippen molar-refractivity contribution in [2.24, 2.45) is 0 Å². The molecular weight excluding hydrogens is 308 g/mol. The molecule has 2 aromatic carbocycles. The van der Waals surface area contributed by atoms with Crippen LogP contribution < -0.4 is 10.6 Å². The van der Waals surface area contributed by atoms with Crippen LogP contribution in [-0.2, 0) is 5.41 Å². The summed E-state index contributed by atoms with van der Waals surface area (Å²) in [5.74, 6) is -0.0633. The maximum absolute atomic E-state index is 12.5. The first-order chi connectivity index (χ1) is 11.9. The van der Waals surface area contributed by atoms with Gasteiger partial charge < -0.3 is 10.6 Å². The third-order valence-corrected chi connectivity index (χ3v) is 4.89. The highest BCUT2D eigenvalue weighted by Crippen LogP contribution is 2.25. The molecule has 2 aromatic rings. The van der Waals surface area contributed by atoms with Crippen molar-refractivity contribution in [1.82, 2.24) is 5.32 Å². The first-order valence-corrected chi connectivity index (χ1v) is 9.19. The molecular formula is C22H28N2O. The highest BCUT2D eigenvalue weighted by Gasteiger charge is 2.16. The summed E-state index contributed by atoms with van der Waals surface area (Å²) in [6, 6.07) is 16.5. The van der Waals surface area contributed by atoms with Crippen LogP contribution >= 0.6 is 0 Å². The number of amides is 1. The molecule has 132 valence electrons. The van der Waals surface area contributed by atoms with Crippen LogP contribution in [0.3, 0.4) is 0 Å². The second-order valence-corrected chi connectivity index (χ2v) is 7.91. The maximum Gasteiger partial charge on any atom is 0.255 e. The molecule has 1 saturated heterocycles. The number of hydrogen-bond acceptors (Lipinski definition) is 2. The highest BCUT2D eigenvalue weighted by molar-refractivity contribution is 6.04. The van der Waals surface area contributed by atoms with Gasteiger partial charge in [-0.2, -0.15) is 0 Å². The predicted molar refractivity (Wildman–Crippen MR) is 104 cm³/mol. The van der Waals surface area contributed by atoms with Gasteiger partial charge in [0.1, 0.15) is 0 Å². The van der Waals surface area contributed by atoms with Gasteiger partial charge in [-0.15, -0.1) is 0 Å². The van der Waals surface area contributed by atoms with Gasteiger partial charge in [-0.25, -0.2) is 0 Å². The molecule has 1 fully saturated rings. The van der Waals surface area contributed by atoms with Gasteiger partial charge in [0, 0.05) is 17.3 Å². The summed E-state index contributed by atoms with van der Waals surface area (Å²) < 4.78 is 0. The van der Waals surface area contributed by atoms with Crippen molar-refractivity contribution in [3.8, 4) is 0 Å². The third-order valence-electron chi connectivity index (χ3n) is 4.89. The molecule has 25 heavy (non-hydrogen) atoms. The Balaban J connectivity index is 1.64. The highest BCUT2D eigenvalue weighted by atomic mass is 16.1. The lowest BCUT2D eigenvalue weighted by Gasteiger charge is -2.23. The summed E-state index contributed by atoms with van der Waals surface area (Å²) in [7, 11) is 0. The number of piperidine rings is 1. The molecule has 1 amide bonds. The van der Waals surface area contributed by atoms with Crippen LogP contribution in [0.2, 0.25) is 0 Å². The Labute approximate surface area is 150 Å². The number of hydrogen-bond donors (Lipinski definition) is 2. The molecule has 1 aliphatic heterocycles. The smallest absolute Gasteiger partial charge is 0.255 e. The molecule has 3 rings (SSSR count). The zero-order valence-corrected chi connectivity index (χ0v) is 15.4. The second kappa shape index (κ2) is 7.40. The van der Waals surface area contributed by atoms with E-state index in [0.717, 1.165) is 12.2 Å². The van der Waals surface area contributed by atoms with Crippen LogP contribution in [0.5, 0.6) is 0 Å². The van der Waals surface area contributed by atoms with Gasteiger partial charge in [0.2, 0.25) is 0 Å². The van der Waals surface area contributed by atoms with Crippen LogP contribution in [0.15, 0.2) is 48.5 Å². The molecule has 0 aliphatic carbocycles. The van der Waals surface area contributed by atoms with Crippen LogP contribution in [-0.4, -0.2) is 12.5 Å². The maximum atomic E-state index is 12.5.